The molecule has 3 aromatic rings. The molecule has 0 fully saturated rings. The molecule has 0 saturated carbocycles. The first-order valence-electron chi connectivity index (χ1n) is 6.31. The Morgan fingerprint density at radius 3 is 3.05 bits per heavy atom. The predicted octanol–water partition coefficient (Wildman–Crippen LogP) is 0.440. The molecule has 21 heavy (non-hydrogen) atoms. The van der Waals surface area contributed by atoms with Crippen molar-refractivity contribution in [2.75, 3.05) is 11.9 Å². The Balaban J connectivity index is 1.68. The molecule has 0 unspecified atom stereocenters. The fourth-order valence-corrected chi connectivity index (χ4v) is 1.99. The lowest BCUT2D eigenvalue weighted by atomic mass is 10.3. The molecule has 9 nitrogen and oxygen atoms in total. The predicted molar refractivity (Wildman–Crippen MR) is 73.2 cm³/mol. The van der Waals surface area contributed by atoms with Crippen molar-refractivity contribution in [3.63, 3.8) is 0 Å². The quantitative estimate of drug-likeness (QED) is 0.700. The molecule has 108 valence electrons. The molecule has 2 N–H and O–H groups in total. The Bertz CT molecular complexity index is 792. The van der Waals surface area contributed by atoms with Crippen LogP contribution in [0.5, 0.6) is 0 Å². The van der Waals surface area contributed by atoms with E-state index in [0.29, 0.717) is 13.1 Å². The minimum atomic E-state index is -1.09. The number of anilines is 1. The molecule has 0 bridgehead atoms. The lowest BCUT2D eigenvalue weighted by Gasteiger charge is -2.08. The van der Waals surface area contributed by atoms with Gasteiger partial charge in [-0.15, -0.1) is 5.10 Å². The zero-order valence-corrected chi connectivity index (χ0v) is 11.3. The highest BCUT2D eigenvalue weighted by Crippen LogP contribution is 2.12. The molecule has 3 aromatic heterocycles. The van der Waals surface area contributed by atoms with Gasteiger partial charge in [-0.05, 0) is 24.6 Å². The Morgan fingerprint density at radius 1 is 1.43 bits per heavy atom. The molecule has 0 aliphatic heterocycles. The van der Waals surface area contributed by atoms with Crippen molar-refractivity contribution in [2.45, 2.75) is 13.5 Å². The number of rotatable bonds is 5. The number of aromatic nitrogens is 6. The number of aromatic carboxylic acids is 1. The molecule has 9 heteroatoms. The van der Waals surface area contributed by atoms with Gasteiger partial charge in [0.05, 0.1) is 12.7 Å². The van der Waals surface area contributed by atoms with Crippen LogP contribution in [0.25, 0.3) is 5.65 Å². The van der Waals surface area contributed by atoms with Gasteiger partial charge in [0.15, 0.2) is 11.3 Å². The second-order valence-electron chi connectivity index (χ2n) is 4.55. The highest BCUT2D eigenvalue weighted by atomic mass is 16.4. The number of carbonyl (C=O) groups is 1. The summed E-state index contributed by atoms with van der Waals surface area (Å²) in [5.74, 6) is -0.265. The van der Waals surface area contributed by atoms with Gasteiger partial charge in [0.1, 0.15) is 12.1 Å². The van der Waals surface area contributed by atoms with E-state index in [9.17, 15) is 4.79 Å². The summed E-state index contributed by atoms with van der Waals surface area (Å²) >= 11 is 0. The van der Waals surface area contributed by atoms with Crippen LogP contribution in [-0.4, -0.2) is 47.2 Å². The number of nitrogens with one attached hydrogen (secondary N) is 1. The number of pyridine rings is 1. The van der Waals surface area contributed by atoms with Crippen LogP contribution in [-0.2, 0) is 6.54 Å². The Kier molecular flexibility index (Phi) is 3.22. The third kappa shape index (κ3) is 2.66. The maximum Gasteiger partial charge on any atom is 0.358 e. The third-order valence-corrected chi connectivity index (χ3v) is 2.93. The summed E-state index contributed by atoms with van der Waals surface area (Å²) in [6, 6.07) is 3.90. The minimum Gasteiger partial charge on any atom is -0.476 e. The van der Waals surface area contributed by atoms with E-state index in [1.807, 2.05) is 19.1 Å². The van der Waals surface area contributed by atoms with Crippen LogP contribution in [0, 0.1) is 6.92 Å². The van der Waals surface area contributed by atoms with Crippen molar-refractivity contribution in [1.29, 1.82) is 0 Å². The molecule has 0 amide bonds. The van der Waals surface area contributed by atoms with Gasteiger partial charge in [-0.2, -0.15) is 9.61 Å². The molecule has 0 aliphatic rings. The molecular formula is C12H13N7O2. The molecule has 0 atom stereocenters. The van der Waals surface area contributed by atoms with Crippen LogP contribution >= 0.6 is 0 Å². The second kappa shape index (κ2) is 5.19. The van der Waals surface area contributed by atoms with Crippen LogP contribution < -0.4 is 5.32 Å². The standard InChI is InChI=1S/C12H13N7O2/c1-8-4-10(19-11(5-8)14-7-15-19)13-2-3-18-6-9(12(20)21)16-17-18/h4-7,13H,2-3H2,1H3,(H,20,21). The number of fused-ring (bicyclic) bond motifs is 1. The molecule has 0 saturated heterocycles. The van der Waals surface area contributed by atoms with Crippen molar-refractivity contribution in [1.82, 2.24) is 29.6 Å². The minimum absolute atomic E-state index is 0.0655. The van der Waals surface area contributed by atoms with Gasteiger partial charge in [-0.1, -0.05) is 5.21 Å². The maximum atomic E-state index is 10.7. The third-order valence-electron chi connectivity index (χ3n) is 2.93. The Morgan fingerprint density at radius 2 is 2.29 bits per heavy atom. The normalized spacial score (nSPS) is 10.9. The fraction of sp³-hybridized carbons (Fsp3) is 0.250. The van der Waals surface area contributed by atoms with Crippen LogP contribution in [0.15, 0.2) is 24.7 Å². The molecule has 0 aliphatic carbocycles. The SMILES string of the molecule is Cc1cc(NCCn2cc(C(=O)O)nn2)n2ncnc2c1. The highest BCUT2D eigenvalue weighted by molar-refractivity contribution is 5.84. The van der Waals surface area contributed by atoms with Crippen molar-refractivity contribution >= 4 is 17.4 Å². The average Bonchev–Trinajstić information content (AvgIpc) is 3.06. The van der Waals surface area contributed by atoms with Crippen LogP contribution in [0.2, 0.25) is 0 Å². The molecule has 0 spiro atoms. The van der Waals surface area contributed by atoms with Gasteiger partial charge >= 0.3 is 5.97 Å². The van der Waals surface area contributed by atoms with Crippen LogP contribution in [0.3, 0.4) is 0 Å². The van der Waals surface area contributed by atoms with E-state index in [1.165, 1.54) is 17.2 Å². The molecule has 3 heterocycles. The number of nitrogens with zero attached hydrogens (tertiary/aromatic N) is 6. The summed E-state index contributed by atoms with van der Waals surface area (Å²) in [5, 5.41) is 23.5. The topological polar surface area (TPSA) is 110 Å². The van der Waals surface area contributed by atoms with Crippen molar-refractivity contribution in [2.24, 2.45) is 0 Å². The molecule has 0 aromatic carbocycles. The highest BCUT2D eigenvalue weighted by Gasteiger charge is 2.08. The van der Waals surface area contributed by atoms with Crippen LogP contribution in [0.4, 0.5) is 5.82 Å². The number of hydrogen-bond donors (Lipinski definition) is 2. The van der Waals surface area contributed by atoms with Crippen molar-refractivity contribution in [3.8, 4) is 0 Å². The van der Waals surface area contributed by atoms with Gasteiger partial charge in [-0.3, -0.25) is 0 Å². The van der Waals surface area contributed by atoms with Gasteiger partial charge < -0.3 is 10.4 Å². The lowest BCUT2D eigenvalue weighted by Crippen LogP contribution is -2.13. The maximum absolute atomic E-state index is 10.7. The summed E-state index contributed by atoms with van der Waals surface area (Å²) in [6.07, 6.45) is 2.89. The first-order chi connectivity index (χ1) is 10.1. The number of carboxylic acids is 1. The smallest absolute Gasteiger partial charge is 0.358 e. The van der Waals surface area contributed by atoms with E-state index >= 15 is 0 Å². The lowest BCUT2D eigenvalue weighted by molar-refractivity contribution is 0.0690. The van der Waals surface area contributed by atoms with E-state index in [-0.39, 0.29) is 5.69 Å². The summed E-state index contributed by atoms with van der Waals surface area (Å²) < 4.78 is 3.18. The largest absolute Gasteiger partial charge is 0.476 e. The van der Waals surface area contributed by atoms with Gasteiger partial charge in [-0.25, -0.2) is 14.5 Å². The van der Waals surface area contributed by atoms with Crippen molar-refractivity contribution < 1.29 is 9.90 Å². The van der Waals surface area contributed by atoms with E-state index in [0.717, 1.165) is 17.0 Å². The Hall–Kier alpha value is -2.97. The zero-order chi connectivity index (χ0) is 14.8. The molecule has 3 rings (SSSR count). The number of aryl methyl sites for hydroxylation is 1. The zero-order valence-electron chi connectivity index (χ0n) is 11.3. The van der Waals surface area contributed by atoms with Crippen molar-refractivity contribution in [3.05, 3.63) is 35.9 Å². The monoisotopic (exact) mass is 287 g/mol. The van der Waals surface area contributed by atoms with Gasteiger partial charge in [0.2, 0.25) is 0 Å². The fourth-order valence-electron chi connectivity index (χ4n) is 1.99. The first kappa shape index (κ1) is 13.0. The first-order valence-corrected chi connectivity index (χ1v) is 6.31. The van der Waals surface area contributed by atoms with Gasteiger partial charge in [0.25, 0.3) is 0 Å². The summed E-state index contributed by atoms with van der Waals surface area (Å²) in [6.45, 7) is 3.03. The van der Waals surface area contributed by atoms with E-state index in [2.05, 4.69) is 25.7 Å². The average molecular weight is 287 g/mol. The summed E-state index contributed by atoms with van der Waals surface area (Å²) in [7, 11) is 0. The number of hydrogen-bond acceptors (Lipinski definition) is 6. The van der Waals surface area contributed by atoms with Crippen LogP contribution in [0.1, 0.15) is 16.1 Å². The van der Waals surface area contributed by atoms with Gasteiger partial charge in [0, 0.05) is 6.54 Å². The number of carboxylic acid groups (broad SMARTS) is 1. The van der Waals surface area contributed by atoms with E-state index in [4.69, 9.17) is 5.11 Å². The summed E-state index contributed by atoms with van der Waals surface area (Å²) in [5.41, 5.74) is 1.78. The molecule has 0 radical (unpaired) electrons. The van der Waals surface area contributed by atoms with E-state index in [1.54, 1.807) is 4.52 Å². The van der Waals surface area contributed by atoms with E-state index < -0.39 is 5.97 Å². The second-order valence-corrected chi connectivity index (χ2v) is 4.55. The summed E-state index contributed by atoms with van der Waals surface area (Å²) in [4.78, 5) is 14.9. The molecular weight excluding hydrogens is 274 g/mol. The Labute approximate surface area is 119 Å².